The predicted octanol–water partition coefficient (Wildman–Crippen LogP) is 4.46. The third kappa shape index (κ3) is 2.56. The Balaban J connectivity index is 0.000000815. The Morgan fingerprint density at radius 2 is 1.96 bits per heavy atom. The van der Waals surface area contributed by atoms with Crippen LogP contribution in [0.2, 0.25) is 0 Å². The van der Waals surface area contributed by atoms with Crippen molar-refractivity contribution in [3.8, 4) is 11.3 Å². The van der Waals surface area contributed by atoms with E-state index in [1.54, 1.807) is 0 Å². The van der Waals surface area contributed by atoms with Crippen LogP contribution >= 0.6 is 0 Å². The van der Waals surface area contributed by atoms with Gasteiger partial charge in [0.05, 0.1) is 5.39 Å². The fourth-order valence-electron chi connectivity index (χ4n) is 3.01. The number of nitrogen functional groups attached to an aromatic ring is 1. The summed E-state index contributed by atoms with van der Waals surface area (Å²) in [5, 5.41) is 5.17. The zero-order chi connectivity index (χ0) is 17.4. The summed E-state index contributed by atoms with van der Waals surface area (Å²) in [6, 6.07) is 0.278. The largest absolute Gasteiger partial charge is 0.383 e. The van der Waals surface area contributed by atoms with Crippen molar-refractivity contribution in [2.24, 2.45) is 0 Å². The van der Waals surface area contributed by atoms with E-state index in [0.717, 1.165) is 33.6 Å². The molecular weight excluding hydrogens is 302 g/mol. The van der Waals surface area contributed by atoms with Crippen LogP contribution in [-0.4, -0.2) is 19.7 Å². The molecule has 1 saturated carbocycles. The van der Waals surface area contributed by atoms with E-state index in [1.165, 1.54) is 19.2 Å². The highest BCUT2D eigenvalue weighted by molar-refractivity contribution is 6.00. The Kier molecular flexibility index (Phi) is 4.30. The van der Waals surface area contributed by atoms with Gasteiger partial charge in [-0.05, 0) is 33.6 Å². The molecule has 4 rings (SSSR count). The van der Waals surface area contributed by atoms with Crippen LogP contribution in [0, 0.1) is 6.92 Å². The van der Waals surface area contributed by atoms with Crippen molar-refractivity contribution in [2.75, 3.05) is 5.73 Å². The van der Waals surface area contributed by atoms with Crippen molar-refractivity contribution >= 4 is 16.9 Å². The maximum Gasteiger partial charge on any atom is 0.146 e. The molecule has 24 heavy (non-hydrogen) atoms. The summed E-state index contributed by atoms with van der Waals surface area (Å²) in [5.41, 5.74) is 9.87. The molecule has 1 fully saturated rings. The molecule has 0 radical (unpaired) electrons. The van der Waals surface area contributed by atoms with Gasteiger partial charge in [-0.25, -0.2) is 9.97 Å². The number of rotatable bonds is 3. The summed E-state index contributed by atoms with van der Waals surface area (Å²) in [5.74, 6) is 2.03. The van der Waals surface area contributed by atoms with Crippen LogP contribution in [0.1, 0.15) is 63.8 Å². The summed E-state index contributed by atoms with van der Waals surface area (Å²) in [6.45, 7) is 10.3. The highest BCUT2D eigenvalue weighted by Gasteiger charge is 2.32. The summed E-state index contributed by atoms with van der Waals surface area (Å²) in [6.07, 6.45) is 5.94. The van der Waals surface area contributed by atoms with Crippen molar-refractivity contribution < 1.29 is 4.52 Å². The lowest BCUT2D eigenvalue weighted by Gasteiger charge is -2.07. The van der Waals surface area contributed by atoms with E-state index in [4.69, 9.17) is 10.3 Å². The van der Waals surface area contributed by atoms with E-state index in [0.29, 0.717) is 11.7 Å². The van der Waals surface area contributed by atoms with Gasteiger partial charge in [-0.15, -0.1) is 0 Å². The first-order chi connectivity index (χ1) is 11.6. The summed E-state index contributed by atoms with van der Waals surface area (Å²) in [7, 11) is 0. The zero-order valence-corrected chi connectivity index (χ0v) is 15.0. The molecule has 1 aliphatic rings. The van der Waals surface area contributed by atoms with Gasteiger partial charge in [0.2, 0.25) is 0 Å². The number of anilines is 1. The lowest BCUT2D eigenvalue weighted by atomic mass is 10.1. The quantitative estimate of drug-likeness (QED) is 0.768. The molecular formula is C18H25N5O. The molecule has 0 amide bonds. The van der Waals surface area contributed by atoms with E-state index in [9.17, 15) is 0 Å². The molecule has 0 aromatic carbocycles. The van der Waals surface area contributed by atoms with Crippen LogP contribution in [0.4, 0.5) is 5.82 Å². The molecule has 2 N–H and O–H groups in total. The Bertz CT molecular complexity index is 858. The van der Waals surface area contributed by atoms with Crippen LogP contribution in [0.3, 0.4) is 0 Å². The smallest absolute Gasteiger partial charge is 0.146 e. The topological polar surface area (TPSA) is 82.8 Å². The van der Waals surface area contributed by atoms with Crippen molar-refractivity contribution in [1.29, 1.82) is 0 Å². The van der Waals surface area contributed by atoms with Gasteiger partial charge in [0, 0.05) is 29.3 Å². The second-order valence-electron chi connectivity index (χ2n) is 6.30. The van der Waals surface area contributed by atoms with Crippen molar-refractivity contribution in [3.05, 3.63) is 23.8 Å². The highest BCUT2D eigenvalue weighted by atomic mass is 16.5. The molecule has 3 aromatic heterocycles. The van der Waals surface area contributed by atoms with Gasteiger partial charge < -0.3 is 14.8 Å². The maximum atomic E-state index is 6.11. The van der Waals surface area contributed by atoms with Crippen molar-refractivity contribution in [2.45, 2.75) is 59.4 Å². The summed E-state index contributed by atoms with van der Waals surface area (Å²) < 4.78 is 7.70. The molecule has 6 nitrogen and oxygen atoms in total. The monoisotopic (exact) mass is 327 g/mol. The molecule has 1 aliphatic carbocycles. The zero-order valence-electron chi connectivity index (χ0n) is 15.0. The second kappa shape index (κ2) is 6.26. The lowest BCUT2D eigenvalue weighted by Crippen LogP contribution is -2.00. The van der Waals surface area contributed by atoms with Crippen LogP contribution in [0.25, 0.3) is 22.3 Å². The molecule has 0 unspecified atom stereocenters. The minimum Gasteiger partial charge on any atom is -0.383 e. The number of nitrogens with zero attached hydrogens (tertiary/aromatic N) is 4. The Hall–Kier alpha value is -2.37. The first-order valence-corrected chi connectivity index (χ1v) is 8.65. The normalized spacial score (nSPS) is 14.1. The van der Waals surface area contributed by atoms with Crippen molar-refractivity contribution in [1.82, 2.24) is 19.7 Å². The minimum absolute atomic E-state index is 0.278. The maximum absolute atomic E-state index is 6.11. The molecule has 6 heteroatoms. The van der Waals surface area contributed by atoms with Gasteiger partial charge >= 0.3 is 0 Å². The Labute approximate surface area is 142 Å². The molecule has 0 saturated heterocycles. The molecule has 3 heterocycles. The van der Waals surface area contributed by atoms with Crippen LogP contribution in [-0.2, 0) is 0 Å². The number of aromatic nitrogens is 4. The number of nitrogens with two attached hydrogens (primary N) is 1. The average Bonchev–Trinajstić information content (AvgIpc) is 3.23. The van der Waals surface area contributed by atoms with Crippen LogP contribution in [0.5, 0.6) is 0 Å². The third-order valence-electron chi connectivity index (χ3n) is 4.36. The summed E-state index contributed by atoms with van der Waals surface area (Å²) >= 11 is 0. The standard InChI is InChI=1S/C16H19N5O.C2H6/c1-8(2)21-6-11(12-15(17)18-7-19-16(12)21)13-9(3)14(22-20-13)10-4-5-10;1-2/h6-8,10H,4-5H2,1-3H3,(H2,17,18,19);1-2H3. The van der Waals surface area contributed by atoms with Gasteiger partial charge in [-0.3, -0.25) is 0 Å². The predicted molar refractivity (Wildman–Crippen MR) is 95.9 cm³/mol. The fourth-order valence-corrected chi connectivity index (χ4v) is 3.01. The van der Waals surface area contributed by atoms with E-state index in [2.05, 4.69) is 46.7 Å². The average molecular weight is 327 g/mol. The second-order valence-corrected chi connectivity index (χ2v) is 6.30. The van der Waals surface area contributed by atoms with E-state index in [-0.39, 0.29) is 6.04 Å². The van der Waals surface area contributed by atoms with Crippen LogP contribution in [0.15, 0.2) is 17.0 Å². The minimum atomic E-state index is 0.278. The van der Waals surface area contributed by atoms with Crippen molar-refractivity contribution in [3.63, 3.8) is 0 Å². The molecule has 128 valence electrons. The highest BCUT2D eigenvalue weighted by Crippen LogP contribution is 2.44. The van der Waals surface area contributed by atoms with E-state index in [1.807, 2.05) is 13.8 Å². The Morgan fingerprint density at radius 3 is 2.58 bits per heavy atom. The van der Waals surface area contributed by atoms with Gasteiger partial charge in [-0.2, -0.15) is 0 Å². The number of hydrogen-bond donors (Lipinski definition) is 1. The molecule has 3 aromatic rings. The summed E-state index contributed by atoms with van der Waals surface area (Å²) in [4.78, 5) is 8.55. The first kappa shape index (κ1) is 16.5. The lowest BCUT2D eigenvalue weighted by molar-refractivity contribution is 0.385. The molecule has 0 spiro atoms. The van der Waals surface area contributed by atoms with Gasteiger partial charge in [-0.1, -0.05) is 19.0 Å². The SMILES string of the molecule is CC.Cc1c(-c2cn(C(C)C)c3ncnc(N)c23)noc1C1CC1. The molecule has 0 bridgehead atoms. The Morgan fingerprint density at radius 1 is 1.25 bits per heavy atom. The molecule has 0 atom stereocenters. The van der Waals surface area contributed by atoms with Gasteiger partial charge in [0.25, 0.3) is 0 Å². The third-order valence-corrected chi connectivity index (χ3v) is 4.36. The van der Waals surface area contributed by atoms with Gasteiger partial charge in [0.1, 0.15) is 29.2 Å². The number of hydrogen-bond acceptors (Lipinski definition) is 5. The van der Waals surface area contributed by atoms with E-state index < -0.39 is 0 Å². The van der Waals surface area contributed by atoms with E-state index >= 15 is 0 Å². The fraction of sp³-hybridized carbons (Fsp3) is 0.500. The van der Waals surface area contributed by atoms with Crippen LogP contribution < -0.4 is 5.73 Å². The molecule has 0 aliphatic heterocycles. The first-order valence-electron chi connectivity index (χ1n) is 8.65. The van der Waals surface area contributed by atoms with Gasteiger partial charge in [0.15, 0.2) is 0 Å². The number of fused-ring (bicyclic) bond motifs is 1.